The van der Waals surface area contributed by atoms with E-state index in [1.54, 1.807) is 0 Å². The molecule has 0 amide bonds. The Morgan fingerprint density at radius 2 is 1.29 bits per heavy atom. The molecule has 4 rings (SSSR count). The molecule has 4 aliphatic carbocycles. The van der Waals surface area contributed by atoms with Crippen LogP contribution in [0.15, 0.2) is 12.2 Å². The van der Waals surface area contributed by atoms with E-state index in [1.807, 2.05) is 0 Å². The summed E-state index contributed by atoms with van der Waals surface area (Å²) in [5.41, 5.74) is -5.56. The molecule has 4 bridgehead atoms. The molecule has 0 N–H and O–H groups in total. The van der Waals surface area contributed by atoms with E-state index in [-0.39, 0.29) is 23.3 Å². The molecule has 4 fully saturated rings. The molecule has 6 nitrogen and oxygen atoms in total. The fraction of sp³-hybridized carbons (Fsp3) is 0.773. The minimum Gasteiger partial charge on any atom is -0.459 e. The van der Waals surface area contributed by atoms with E-state index in [2.05, 4.69) is 20.8 Å². The lowest BCUT2D eigenvalue weighted by Crippen LogP contribution is -2.65. The Balaban J connectivity index is 1.72. The molecular weight excluding hydrogens is 474 g/mol. The number of alkyl halides is 6. The molecule has 0 aromatic rings. The van der Waals surface area contributed by atoms with Crippen molar-refractivity contribution < 1.29 is 54.9 Å². The predicted octanol–water partition coefficient (Wildman–Crippen LogP) is 4.52. The highest BCUT2D eigenvalue weighted by molar-refractivity contribution is 5.87. The fourth-order valence-corrected chi connectivity index (χ4v) is 5.82. The summed E-state index contributed by atoms with van der Waals surface area (Å²) in [6.07, 6.45) is -9.07. The molecule has 0 aromatic carbocycles. The highest BCUT2D eigenvalue weighted by atomic mass is 19.4. The Morgan fingerprint density at radius 3 is 1.74 bits per heavy atom. The third-order valence-corrected chi connectivity index (χ3v) is 7.08. The summed E-state index contributed by atoms with van der Waals surface area (Å²) in [5.74, 6) is -4.90. The van der Waals surface area contributed by atoms with E-state index < -0.39 is 55.5 Å². The van der Waals surface area contributed by atoms with E-state index in [0.29, 0.717) is 11.8 Å². The van der Waals surface area contributed by atoms with Crippen LogP contribution in [0.2, 0.25) is 0 Å². The van der Waals surface area contributed by atoms with Gasteiger partial charge in [0.05, 0.1) is 0 Å². The maximum Gasteiger partial charge on any atom is 0.449 e. The second-order valence-corrected chi connectivity index (χ2v) is 9.50. The molecule has 0 saturated heterocycles. The zero-order chi connectivity index (χ0) is 25.5. The lowest BCUT2D eigenvalue weighted by Gasteiger charge is -2.54. The van der Waals surface area contributed by atoms with Gasteiger partial charge >= 0.3 is 35.9 Å². The van der Waals surface area contributed by atoms with Crippen molar-refractivity contribution in [1.29, 1.82) is 0 Å². The van der Waals surface area contributed by atoms with Crippen molar-refractivity contribution in [1.82, 2.24) is 0 Å². The summed E-state index contributed by atoms with van der Waals surface area (Å²) in [5, 5.41) is 0. The van der Waals surface area contributed by atoms with Crippen LogP contribution in [0, 0.1) is 29.6 Å². The van der Waals surface area contributed by atoms with Crippen molar-refractivity contribution in [3.8, 4) is 0 Å². The van der Waals surface area contributed by atoms with E-state index >= 15 is 0 Å². The number of halogens is 6. The summed E-state index contributed by atoms with van der Waals surface area (Å²) in [6, 6.07) is 0. The van der Waals surface area contributed by atoms with Crippen LogP contribution in [0.25, 0.3) is 0 Å². The van der Waals surface area contributed by atoms with Crippen molar-refractivity contribution >= 4 is 17.9 Å². The van der Waals surface area contributed by atoms with Crippen LogP contribution in [0.5, 0.6) is 0 Å². The number of carbonyl (C=O) groups excluding carboxylic acids is 3. The van der Waals surface area contributed by atoms with Gasteiger partial charge in [0.15, 0.2) is 0 Å². The first-order valence-corrected chi connectivity index (χ1v) is 11.0. The molecule has 0 spiro atoms. The summed E-state index contributed by atoms with van der Waals surface area (Å²) in [7, 11) is 0. The molecule has 12 heteroatoms. The maximum atomic E-state index is 13.7. The zero-order valence-electron chi connectivity index (χ0n) is 18.5. The largest absolute Gasteiger partial charge is 0.459 e. The van der Waals surface area contributed by atoms with Gasteiger partial charge in [-0.2, -0.15) is 26.3 Å². The number of carbonyl (C=O) groups is 3. The van der Waals surface area contributed by atoms with E-state index in [1.165, 1.54) is 6.92 Å². The van der Waals surface area contributed by atoms with Crippen molar-refractivity contribution in [2.45, 2.75) is 63.4 Å². The molecule has 0 aliphatic heterocycles. The van der Waals surface area contributed by atoms with Crippen molar-refractivity contribution in [2.24, 2.45) is 29.6 Å². The van der Waals surface area contributed by atoms with Crippen molar-refractivity contribution in [2.75, 3.05) is 13.2 Å². The first-order chi connectivity index (χ1) is 15.7. The highest BCUT2D eigenvalue weighted by Crippen LogP contribution is 2.57. The van der Waals surface area contributed by atoms with Gasteiger partial charge in [-0.3, -0.25) is 4.79 Å². The van der Waals surface area contributed by atoms with Gasteiger partial charge in [-0.25, -0.2) is 9.59 Å². The third kappa shape index (κ3) is 5.05. The van der Waals surface area contributed by atoms with Crippen LogP contribution in [-0.2, 0) is 28.6 Å². The number of rotatable bonds is 8. The molecule has 0 aromatic heterocycles. The lowest BCUT2D eigenvalue weighted by molar-refractivity contribution is -0.359. The molecular formula is C22H26F6O6. The average Bonchev–Trinajstić information content (AvgIpc) is 2.69. The van der Waals surface area contributed by atoms with Gasteiger partial charge < -0.3 is 14.2 Å². The van der Waals surface area contributed by atoms with Crippen LogP contribution >= 0.6 is 0 Å². The minimum atomic E-state index is -6.34. The van der Waals surface area contributed by atoms with Crippen LogP contribution in [0.4, 0.5) is 26.3 Å². The normalized spacial score (nSPS) is 28.4. The van der Waals surface area contributed by atoms with Gasteiger partial charge in [0.2, 0.25) is 0 Å². The SMILES string of the molecule is C=C(C)C(=O)OCCOC(=O)C(OC(=O)CC1C2CC3CC(C2)CC1C3)(C(F)(F)F)C(F)(F)F. The van der Waals surface area contributed by atoms with Crippen LogP contribution in [-0.4, -0.2) is 49.1 Å². The Morgan fingerprint density at radius 1 is 0.824 bits per heavy atom. The summed E-state index contributed by atoms with van der Waals surface area (Å²) >= 11 is 0. The van der Waals surface area contributed by atoms with Crippen molar-refractivity contribution in [3.63, 3.8) is 0 Å². The molecule has 4 saturated carbocycles. The smallest absolute Gasteiger partial charge is 0.449 e. The summed E-state index contributed by atoms with van der Waals surface area (Å²) in [6.45, 7) is 2.58. The summed E-state index contributed by atoms with van der Waals surface area (Å²) < 4.78 is 94.7. The molecule has 0 unspecified atom stereocenters. The molecule has 34 heavy (non-hydrogen) atoms. The Bertz CT molecular complexity index is 791. The number of hydrogen-bond donors (Lipinski definition) is 0. The van der Waals surface area contributed by atoms with Gasteiger partial charge in [0.25, 0.3) is 0 Å². The number of hydrogen-bond acceptors (Lipinski definition) is 6. The molecule has 0 heterocycles. The van der Waals surface area contributed by atoms with E-state index in [0.717, 1.165) is 32.1 Å². The van der Waals surface area contributed by atoms with Gasteiger partial charge in [-0.15, -0.1) is 0 Å². The van der Waals surface area contributed by atoms with E-state index in [4.69, 9.17) is 0 Å². The Kier molecular flexibility index (Phi) is 7.29. The Hall–Kier alpha value is -2.27. The molecule has 0 radical (unpaired) electrons. The lowest BCUT2D eigenvalue weighted by atomic mass is 9.51. The second-order valence-electron chi connectivity index (χ2n) is 9.50. The average molecular weight is 500 g/mol. The summed E-state index contributed by atoms with van der Waals surface area (Å²) in [4.78, 5) is 35.8. The molecule has 4 aliphatic rings. The van der Waals surface area contributed by atoms with Crippen LogP contribution < -0.4 is 0 Å². The first kappa shape index (κ1) is 26.3. The van der Waals surface area contributed by atoms with Crippen LogP contribution in [0.3, 0.4) is 0 Å². The highest BCUT2D eigenvalue weighted by Gasteiger charge is 2.80. The quantitative estimate of drug-likeness (QED) is 0.160. The molecule has 0 atom stereocenters. The maximum absolute atomic E-state index is 13.7. The standard InChI is InChI=1S/C22H26F6O6/c1-11(2)18(30)32-3-4-33-19(31)20(21(23,24)25,22(26,27)28)34-17(29)10-16-14-6-12-5-13(8-14)9-15(16)7-12/h12-16H,1,3-10H2,2H3. The monoisotopic (exact) mass is 500 g/mol. The van der Waals surface area contributed by atoms with Gasteiger partial charge in [-0.1, -0.05) is 6.58 Å². The van der Waals surface area contributed by atoms with E-state index in [9.17, 15) is 40.7 Å². The Labute approximate surface area is 192 Å². The predicted molar refractivity (Wildman–Crippen MR) is 103 cm³/mol. The molecule has 192 valence electrons. The van der Waals surface area contributed by atoms with Gasteiger partial charge in [0, 0.05) is 12.0 Å². The number of ether oxygens (including phenoxy) is 3. The second kappa shape index (κ2) is 9.41. The van der Waals surface area contributed by atoms with Crippen molar-refractivity contribution in [3.05, 3.63) is 12.2 Å². The topological polar surface area (TPSA) is 78.9 Å². The van der Waals surface area contributed by atoms with Crippen LogP contribution in [0.1, 0.15) is 45.4 Å². The zero-order valence-corrected chi connectivity index (χ0v) is 18.5. The first-order valence-electron chi connectivity index (χ1n) is 11.0. The minimum absolute atomic E-state index is 0.0462. The van der Waals surface area contributed by atoms with Gasteiger partial charge in [-0.05, 0) is 68.6 Å². The number of esters is 3. The fourth-order valence-electron chi connectivity index (χ4n) is 5.82. The van der Waals surface area contributed by atoms with Gasteiger partial charge in [0.1, 0.15) is 13.2 Å². The third-order valence-electron chi connectivity index (χ3n) is 7.08.